The predicted octanol–water partition coefficient (Wildman–Crippen LogP) is 3.18. The summed E-state index contributed by atoms with van der Waals surface area (Å²) >= 11 is 1.25. The molecule has 0 saturated carbocycles. The van der Waals surface area contributed by atoms with E-state index in [-0.39, 0.29) is 18.2 Å². The summed E-state index contributed by atoms with van der Waals surface area (Å²) < 4.78 is 13.7. The summed E-state index contributed by atoms with van der Waals surface area (Å²) in [7, 11) is 0. The van der Waals surface area contributed by atoms with Gasteiger partial charge in [-0.1, -0.05) is 17.9 Å². The largest absolute Gasteiger partial charge is 0.395 e. The molecule has 21 heavy (non-hydrogen) atoms. The third-order valence-electron chi connectivity index (χ3n) is 2.70. The highest BCUT2D eigenvalue weighted by molar-refractivity contribution is 7.12. The Labute approximate surface area is 126 Å². The summed E-state index contributed by atoms with van der Waals surface area (Å²) in [4.78, 5) is 12.6. The predicted molar refractivity (Wildman–Crippen MR) is 82.0 cm³/mol. The van der Waals surface area contributed by atoms with Crippen LogP contribution in [0.5, 0.6) is 0 Å². The van der Waals surface area contributed by atoms with Crippen LogP contribution < -0.4 is 5.32 Å². The van der Waals surface area contributed by atoms with Crippen molar-refractivity contribution in [2.45, 2.75) is 13.3 Å². The van der Waals surface area contributed by atoms with Gasteiger partial charge in [-0.05, 0) is 36.1 Å². The first-order chi connectivity index (χ1) is 10.1. The molecule has 0 atom stereocenters. The number of rotatable bonds is 3. The van der Waals surface area contributed by atoms with Crippen molar-refractivity contribution in [1.29, 1.82) is 0 Å². The van der Waals surface area contributed by atoms with Crippen LogP contribution in [-0.4, -0.2) is 17.6 Å². The molecule has 0 radical (unpaired) electrons. The number of benzene rings is 1. The van der Waals surface area contributed by atoms with E-state index >= 15 is 0 Å². The number of aryl methyl sites for hydroxylation is 1. The molecule has 0 aliphatic rings. The Morgan fingerprint density at radius 1 is 1.43 bits per heavy atom. The summed E-state index contributed by atoms with van der Waals surface area (Å²) in [6.07, 6.45) is 0.351. The Bertz CT molecular complexity index is 713. The first kappa shape index (κ1) is 15.2. The van der Waals surface area contributed by atoms with Crippen molar-refractivity contribution in [2.24, 2.45) is 0 Å². The third kappa shape index (κ3) is 3.91. The number of anilines is 1. The molecule has 0 spiro atoms. The Morgan fingerprint density at radius 2 is 2.24 bits per heavy atom. The van der Waals surface area contributed by atoms with Crippen molar-refractivity contribution in [1.82, 2.24) is 0 Å². The summed E-state index contributed by atoms with van der Waals surface area (Å²) in [5, 5.41) is 13.0. The maximum atomic E-state index is 13.7. The van der Waals surface area contributed by atoms with E-state index < -0.39 is 5.82 Å². The van der Waals surface area contributed by atoms with Gasteiger partial charge in [-0.15, -0.1) is 11.3 Å². The number of carbonyl (C=O) groups is 1. The third-order valence-corrected chi connectivity index (χ3v) is 3.61. The fourth-order valence-electron chi connectivity index (χ4n) is 1.71. The first-order valence-corrected chi connectivity index (χ1v) is 7.24. The minimum atomic E-state index is -0.474. The van der Waals surface area contributed by atoms with Gasteiger partial charge in [-0.2, -0.15) is 0 Å². The number of thiophene rings is 1. The summed E-state index contributed by atoms with van der Waals surface area (Å²) in [6, 6.07) is 6.28. The van der Waals surface area contributed by atoms with Crippen molar-refractivity contribution in [3.8, 4) is 11.8 Å². The molecule has 0 fully saturated rings. The average Bonchev–Trinajstić information content (AvgIpc) is 2.92. The number of carbonyl (C=O) groups excluding carboxylic acids is 1. The number of halogens is 1. The lowest BCUT2D eigenvalue weighted by molar-refractivity contribution is 0.103. The average molecular weight is 303 g/mol. The zero-order valence-corrected chi connectivity index (χ0v) is 12.3. The van der Waals surface area contributed by atoms with Crippen LogP contribution in [0.15, 0.2) is 29.6 Å². The Hall–Kier alpha value is -2.16. The van der Waals surface area contributed by atoms with Crippen LogP contribution in [0.2, 0.25) is 0 Å². The Kier molecular flexibility index (Phi) is 5.09. The summed E-state index contributed by atoms with van der Waals surface area (Å²) in [5.41, 5.74) is 1.60. The van der Waals surface area contributed by atoms with Gasteiger partial charge in [-0.3, -0.25) is 4.79 Å². The second kappa shape index (κ2) is 7.02. The van der Waals surface area contributed by atoms with Crippen LogP contribution in [0.25, 0.3) is 0 Å². The SMILES string of the molecule is Cc1ccc(F)c(NC(=O)c2sccc2C#CCCO)c1. The van der Waals surface area contributed by atoms with Gasteiger partial charge < -0.3 is 10.4 Å². The molecule has 2 N–H and O–H groups in total. The first-order valence-electron chi connectivity index (χ1n) is 6.36. The topological polar surface area (TPSA) is 49.3 Å². The van der Waals surface area contributed by atoms with Gasteiger partial charge in [0, 0.05) is 12.0 Å². The lowest BCUT2D eigenvalue weighted by Crippen LogP contribution is -2.12. The van der Waals surface area contributed by atoms with E-state index in [4.69, 9.17) is 5.11 Å². The van der Waals surface area contributed by atoms with E-state index in [1.54, 1.807) is 23.6 Å². The molecule has 3 nitrogen and oxygen atoms in total. The van der Waals surface area contributed by atoms with Crippen LogP contribution in [-0.2, 0) is 0 Å². The quantitative estimate of drug-likeness (QED) is 0.856. The highest BCUT2D eigenvalue weighted by atomic mass is 32.1. The van der Waals surface area contributed by atoms with Gasteiger partial charge in [0.1, 0.15) is 10.7 Å². The molecule has 1 aromatic heterocycles. The molecule has 108 valence electrons. The fraction of sp³-hybridized carbons (Fsp3) is 0.188. The Morgan fingerprint density at radius 3 is 3.00 bits per heavy atom. The smallest absolute Gasteiger partial charge is 0.267 e. The number of hydrogen-bond donors (Lipinski definition) is 2. The number of aliphatic hydroxyl groups is 1. The maximum Gasteiger partial charge on any atom is 0.267 e. The van der Waals surface area contributed by atoms with Gasteiger partial charge >= 0.3 is 0 Å². The summed E-state index contributed by atoms with van der Waals surface area (Å²) in [5.74, 6) is 4.74. The molecule has 0 saturated heterocycles. The molecular formula is C16H14FNO2S. The van der Waals surface area contributed by atoms with Gasteiger partial charge in [0.15, 0.2) is 0 Å². The van der Waals surface area contributed by atoms with Crippen LogP contribution >= 0.6 is 11.3 Å². The van der Waals surface area contributed by atoms with E-state index in [1.807, 2.05) is 6.92 Å². The van der Waals surface area contributed by atoms with Crippen molar-refractivity contribution in [3.63, 3.8) is 0 Å². The molecule has 1 heterocycles. The van der Waals surface area contributed by atoms with Crippen LogP contribution in [0.4, 0.5) is 10.1 Å². The lowest BCUT2D eigenvalue weighted by Gasteiger charge is -2.06. The van der Waals surface area contributed by atoms with Crippen molar-refractivity contribution in [2.75, 3.05) is 11.9 Å². The molecule has 0 aliphatic heterocycles. The second-order valence-electron chi connectivity index (χ2n) is 4.38. The van der Waals surface area contributed by atoms with Gasteiger partial charge in [0.25, 0.3) is 5.91 Å². The lowest BCUT2D eigenvalue weighted by atomic mass is 10.2. The number of nitrogens with one attached hydrogen (secondary N) is 1. The maximum absolute atomic E-state index is 13.7. The molecule has 5 heteroatoms. The molecule has 0 unspecified atom stereocenters. The molecular weight excluding hydrogens is 289 g/mol. The zero-order chi connectivity index (χ0) is 15.2. The molecule has 2 aromatic rings. The van der Waals surface area contributed by atoms with Gasteiger partial charge in [0.2, 0.25) is 0 Å². The van der Waals surface area contributed by atoms with E-state index in [9.17, 15) is 9.18 Å². The standard InChI is InChI=1S/C16H14FNO2S/c1-11-5-6-13(17)14(10-11)18-16(20)15-12(7-9-21-15)4-2-3-8-19/h5-7,9-10,19H,3,8H2,1H3,(H,18,20). The van der Waals surface area contributed by atoms with E-state index in [0.717, 1.165) is 5.56 Å². The monoisotopic (exact) mass is 303 g/mol. The van der Waals surface area contributed by atoms with Crippen molar-refractivity contribution >= 4 is 22.9 Å². The highest BCUT2D eigenvalue weighted by Crippen LogP contribution is 2.20. The normalized spacial score (nSPS) is 9.86. The number of amides is 1. The molecule has 1 aromatic carbocycles. The molecule has 0 bridgehead atoms. The summed E-state index contributed by atoms with van der Waals surface area (Å²) in [6.45, 7) is 1.80. The van der Waals surface area contributed by atoms with E-state index in [2.05, 4.69) is 17.2 Å². The van der Waals surface area contributed by atoms with E-state index in [0.29, 0.717) is 16.9 Å². The Balaban J connectivity index is 2.20. The fourth-order valence-corrected chi connectivity index (χ4v) is 2.46. The van der Waals surface area contributed by atoms with Crippen molar-refractivity contribution < 1.29 is 14.3 Å². The number of hydrogen-bond acceptors (Lipinski definition) is 3. The number of aliphatic hydroxyl groups excluding tert-OH is 1. The minimum Gasteiger partial charge on any atom is -0.395 e. The highest BCUT2D eigenvalue weighted by Gasteiger charge is 2.14. The molecule has 1 amide bonds. The second-order valence-corrected chi connectivity index (χ2v) is 5.29. The van der Waals surface area contributed by atoms with Crippen LogP contribution in [0.3, 0.4) is 0 Å². The van der Waals surface area contributed by atoms with Gasteiger partial charge in [0.05, 0.1) is 12.3 Å². The van der Waals surface area contributed by atoms with Crippen LogP contribution in [0, 0.1) is 24.6 Å². The minimum absolute atomic E-state index is 0.0207. The van der Waals surface area contributed by atoms with Crippen molar-refractivity contribution in [3.05, 3.63) is 51.5 Å². The molecule has 0 aliphatic carbocycles. The van der Waals surface area contributed by atoms with Gasteiger partial charge in [-0.25, -0.2) is 4.39 Å². The zero-order valence-electron chi connectivity index (χ0n) is 11.4. The molecule has 2 rings (SSSR count). The van der Waals surface area contributed by atoms with Crippen LogP contribution in [0.1, 0.15) is 27.2 Å². The van der Waals surface area contributed by atoms with E-state index in [1.165, 1.54) is 17.4 Å².